The molecule has 0 radical (unpaired) electrons. The van der Waals surface area contributed by atoms with E-state index in [2.05, 4.69) is 0 Å². The van der Waals surface area contributed by atoms with Gasteiger partial charge >= 0.3 is 12.3 Å². The summed E-state index contributed by atoms with van der Waals surface area (Å²) in [5.74, 6) is 1.99. The van der Waals surface area contributed by atoms with E-state index in [-0.39, 0.29) is 6.61 Å². The first kappa shape index (κ1) is 14.9. The Hall–Kier alpha value is -2.16. The fourth-order valence-electron chi connectivity index (χ4n) is 1.32. The molecule has 102 valence electrons. The summed E-state index contributed by atoms with van der Waals surface area (Å²) in [4.78, 5) is 11.9. The standard InChI is InChI=1S/C13H12F3NO2/c1-2-8-17(10-13(14,15)16)12(18)19-9-11-6-4-3-5-7-11/h1,3-7H,8-10H2. The van der Waals surface area contributed by atoms with Gasteiger partial charge in [-0.25, -0.2) is 4.79 Å². The van der Waals surface area contributed by atoms with Crippen LogP contribution in [0.3, 0.4) is 0 Å². The van der Waals surface area contributed by atoms with Crippen LogP contribution in [0.5, 0.6) is 0 Å². The van der Waals surface area contributed by atoms with Gasteiger partial charge in [-0.05, 0) is 5.56 Å². The van der Waals surface area contributed by atoms with Gasteiger partial charge in [0.25, 0.3) is 0 Å². The van der Waals surface area contributed by atoms with Crippen LogP contribution < -0.4 is 0 Å². The molecule has 19 heavy (non-hydrogen) atoms. The molecule has 0 aromatic heterocycles. The van der Waals surface area contributed by atoms with E-state index in [1.54, 1.807) is 30.3 Å². The zero-order valence-electron chi connectivity index (χ0n) is 9.98. The lowest BCUT2D eigenvalue weighted by atomic mass is 10.2. The van der Waals surface area contributed by atoms with Gasteiger partial charge in [0.2, 0.25) is 0 Å². The Morgan fingerprint density at radius 3 is 2.47 bits per heavy atom. The van der Waals surface area contributed by atoms with Crippen LogP contribution in [-0.4, -0.2) is 30.3 Å². The van der Waals surface area contributed by atoms with Crippen molar-refractivity contribution in [1.82, 2.24) is 4.90 Å². The highest BCUT2D eigenvalue weighted by Gasteiger charge is 2.33. The van der Waals surface area contributed by atoms with Gasteiger partial charge in [0.05, 0.1) is 6.54 Å². The second-order valence-electron chi connectivity index (χ2n) is 3.72. The molecule has 3 nitrogen and oxygen atoms in total. The van der Waals surface area contributed by atoms with Crippen molar-refractivity contribution in [3.63, 3.8) is 0 Å². The number of ether oxygens (including phenoxy) is 1. The molecule has 1 aromatic rings. The van der Waals surface area contributed by atoms with E-state index >= 15 is 0 Å². The third-order valence-corrected chi connectivity index (χ3v) is 2.12. The number of nitrogens with zero attached hydrogens (tertiary/aromatic N) is 1. The number of hydrogen-bond donors (Lipinski definition) is 0. The van der Waals surface area contributed by atoms with E-state index in [9.17, 15) is 18.0 Å². The summed E-state index contributed by atoms with van der Waals surface area (Å²) in [6.45, 7) is -1.98. The van der Waals surface area contributed by atoms with Crippen molar-refractivity contribution in [3.05, 3.63) is 35.9 Å². The van der Waals surface area contributed by atoms with Gasteiger partial charge in [-0.2, -0.15) is 13.2 Å². The lowest BCUT2D eigenvalue weighted by Gasteiger charge is -2.21. The fraction of sp³-hybridized carbons (Fsp3) is 0.308. The van der Waals surface area contributed by atoms with E-state index in [0.29, 0.717) is 10.5 Å². The van der Waals surface area contributed by atoms with Gasteiger partial charge in [-0.1, -0.05) is 36.3 Å². The molecule has 0 aliphatic rings. The summed E-state index contributed by atoms with van der Waals surface area (Å²) < 4.78 is 41.5. The molecule has 0 atom stereocenters. The Balaban J connectivity index is 2.55. The zero-order valence-corrected chi connectivity index (χ0v) is 9.98. The molecular weight excluding hydrogens is 259 g/mol. The van der Waals surface area contributed by atoms with Gasteiger partial charge in [-0.3, -0.25) is 4.90 Å². The number of hydrogen-bond acceptors (Lipinski definition) is 2. The number of amides is 1. The second kappa shape index (κ2) is 6.69. The molecule has 0 saturated heterocycles. The minimum absolute atomic E-state index is 0.0986. The van der Waals surface area contributed by atoms with Gasteiger partial charge < -0.3 is 4.74 Å². The number of benzene rings is 1. The van der Waals surface area contributed by atoms with E-state index in [0.717, 1.165) is 0 Å². The average Bonchev–Trinajstić information content (AvgIpc) is 2.35. The molecule has 0 saturated carbocycles. The normalized spacial score (nSPS) is 10.6. The third-order valence-electron chi connectivity index (χ3n) is 2.12. The van der Waals surface area contributed by atoms with Crippen LogP contribution >= 0.6 is 0 Å². The van der Waals surface area contributed by atoms with Crippen LogP contribution in [0.15, 0.2) is 30.3 Å². The summed E-state index contributed by atoms with van der Waals surface area (Å²) >= 11 is 0. The molecular formula is C13H12F3NO2. The highest BCUT2D eigenvalue weighted by Crippen LogP contribution is 2.17. The van der Waals surface area contributed by atoms with Crippen molar-refractivity contribution in [2.75, 3.05) is 13.1 Å². The maximum atomic E-state index is 12.2. The van der Waals surface area contributed by atoms with Crippen LogP contribution in [0, 0.1) is 12.3 Å². The molecule has 0 unspecified atom stereocenters. The van der Waals surface area contributed by atoms with Crippen molar-refractivity contribution < 1.29 is 22.7 Å². The minimum Gasteiger partial charge on any atom is -0.445 e. The molecule has 0 bridgehead atoms. The monoisotopic (exact) mass is 271 g/mol. The van der Waals surface area contributed by atoms with Crippen molar-refractivity contribution in [3.8, 4) is 12.3 Å². The lowest BCUT2D eigenvalue weighted by Crippen LogP contribution is -2.39. The smallest absolute Gasteiger partial charge is 0.411 e. The summed E-state index contributed by atoms with van der Waals surface area (Å²) in [5, 5.41) is 0. The maximum Gasteiger partial charge on any atom is 0.411 e. The average molecular weight is 271 g/mol. The Kier molecular flexibility index (Phi) is 5.24. The van der Waals surface area contributed by atoms with Crippen LogP contribution in [0.4, 0.5) is 18.0 Å². The molecule has 1 aromatic carbocycles. The second-order valence-corrected chi connectivity index (χ2v) is 3.72. The number of terminal acetylenes is 1. The molecule has 0 aliphatic heterocycles. The van der Waals surface area contributed by atoms with E-state index in [1.807, 2.05) is 5.92 Å². The Morgan fingerprint density at radius 1 is 1.32 bits per heavy atom. The topological polar surface area (TPSA) is 29.5 Å². The van der Waals surface area contributed by atoms with E-state index < -0.39 is 25.4 Å². The number of carbonyl (C=O) groups excluding carboxylic acids is 1. The Bertz CT molecular complexity index is 451. The summed E-state index contributed by atoms with van der Waals surface area (Å²) in [6.07, 6.45) is -0.669. The first-order valence-electron chi connectivity index (χ1n) is 5.38. The van der Waals surface area contributed by atoms with Crippen molar-refractivity contribution in [2.24, 2.45) is 0 Å². The lowest BCUT2D eigenvalue weighted by molar-refractivity contribution is -0.141. The first-order chi connectivity index (χ1) is 8.92. The van der Waals surface area contributed by atoms with E-state index in [1.165, 1.54) is 0 Å². The number of rotatable bonds is 4. The Labute approximate surface area is 109 Å². The van der Waals surface area contributed by atoms with Gasteiger partial charge in [-0.15, -0.1) is 6.42 Å². The first-order valence-corrected chi connectivity index (χ1v) is 5.38. The number of halogens is 3. The SMILES string of the molecule is C#CCN(CC(F)(F)F)C(=O)OCc1ccccc1. The van der Waals surface area contributed by atoms with Gasteiger partial charge in [0, 0.05) is 0 Å². The van der Waals surface area contributed by atoms with Crippen molar-refractivity contribution in [1.29, 1.82) is 0 Å². The third kappa shape index (κ3) is 5.82. The summed E-state index contributed by atoms with van der Waals surface area (Å²) in [6, 6.07) is 8.64. The van der Waals surface area contributed by atoms with Crippen LogP contribution in [-0.2, 0) is 11.3 Å². The molecule has 1 amide bonds. The van der Waals surface area contributed by atoms with Gasteiger partial charge in [0.1, 0.15) is 13.2 Å². The maximum absolute atomic E-state index is 12.2. The minimum atomic E-state index is -4.51. The summed E-state index contributed by atoms with van der Waals surface area (Å²) in [7, 11) is 0. The molecule has 1 rings (SSSR count). The van der Waals surface area contributed by atoms with Crippen LogP contribution in [0.1, 0.15) is 5.56 Å². The quantitative estimate of drug-likeness (QED) is 0.788. The summed E-state index contributed by atoms with van der Waals surface area (Å²) in [5.41, 5.74) is 0.684. The van der Waals surface area contributed by atoms with Crippen molar-refractivity contribution >= 4 is 6.09 Å². The van der Waals surface area contributed by atoms with E-state index in [4.69, 9.17) is 11.2 Å². The fourth-order valence-corrected chi connectivity index (χ4v) is 1.32. The predicted octanol–water partition coefficient (Wildman–Crippen LogP) is 2.82. The van der Waals surface area contributed by atoms with Crippen molar-refractivity contribution in [2.45, 2.75) is 12.8 Å². The molecule has 0 fully saturated rings. The molecule has 0 aliphatic carbocycles. The number of carbonyl (C=O) groups is 1. The Morgan fingerprint density at radius 2 is 1.95 bits per heavy atom. The van der Waals surface area contributed by atoms with Gasteiger partial charge in [0.15, 0.2) is 0 Å². The molecule has 0 N–H and O–H groups in total. The zero-order chi connectivity index (χ0) is 14.3. The predicted molar refractivity (Wildman–Crippen MR) is 63.1 cm³/mol. The number of alkyl halides is 3. The highest BCUT2D eigenvalue weighted by atomic mass is 19.4. The largest absolute Gasteiger partial charge is 0.445 e. The molecule has 6 heteroatoms. The van der Waals surface area contributed by atoms with Crippen LogP contribution in [0.2, 0.25) is 0 Å². The molecule has 0 spiro atoms. The highest BCUT2D eigenvalue weighted by molar-refractivity contribution is 5.68. The van der Waals surface area contributed by atoms with Crippen LogP contribution in [0.25, 0.3) is 0 Å². The molecule has 0 heterocycles.